The number of fused-ring (bicyclic) bond motifs is 1. The van der Waals surface area contributed by atoms with Crippen LogP contribution < -0.4 is 9.64 Å². The van der Waals surface area contributed by atoms with E-state index in [-0.39, 0.29) is 5.97 Å². The van der Waals surface area contributed by atoms with Crippen LogP contribution in [-0.4, -0.2) is 37.6 Å². The first-order valence-electron chi connectivity index (χ1n) is 8.77. The van der Waals surface area contributed by atoms with E-state index in [4.69, 9.17) is 9.47 Å². The van der Waals surface area contributed by atoms with Crippen LogP contribution >= 0.6 is 11.3 Å². The number of ether oxygens (including phenoxy) is 2. The van der Waals surface area contributed by atoms with Crippen molar-refractivity contribution in [2.24, 2.45) is 5.41 Å². The van der Waals surface area contributed by atoms with Crippen molar-refractivity contribution in [1.29, 1.82) is 0 Å². The first kappa shape index (κ1) is 19.8. The van der Waals surface area contributed by atoms with Gasteiger partial charge in [-0.1, -0.05) is 29.5 Å². The fourth-order valence-corrected chi connectivity index (χ4v) is 3.82. The lowest BCUT2D eigenvalue weighted by atomic mass is 9.93. The van der Waals surface area contributed by atoms with Crippen LogP contribution in [0.5, 0.6) is 5.75 Å². The second-order valence-electron chi connectivity index (χ2n) is 7.11. The standard InChI is InChI=1S/C21H22N2O4S/c1-21(2,19(25)26-4)13-23(3)20-22-16-11-10-14(12-17(16)28-20)18(24)27-15-8-6-5-7-9-15/h5-12H,13H2,1-4H3. The van der Waals surface area contributed by atoms with Gasteiger partial charge < -0.3 is 14.4 Å². The summed E-state index contributed by atoms with van der Waals surface area (Å²) in [6.07, 6.45) is 0. The molecule has 146 valence electrons. The van der Waals surface area contributed by atoms with Crippen molar-refractivity contribution in [1.82, 2.24) is 4.98 Å². The smallest absolute Gasteiger partial charge is 0.343 e. The molecule has 3 rings (SSSR count). The lowest BCUT2D eigenvalue weighted by molar-refractivity contribution is -0.150. The fourth-order valence-electron chi connectivity index (χ4n) is 2.86. The summed E-state index contributed by atoms with van der Waals surface area (Å²) >= 11 is 1.46. The quantitative estimate of drug-likeness (QED) is 0.459. The first-order valence-corrected chi connectivity index (χ1v) is 9.59. The number of hydrogen-bond acceptors (Lipinski definition) is 7. The van der Waals surface area contributed by atoms with Crippen LogP contribution in [0.25, 0.3) is 10.2 Å². The Morgan fingerprint density at radius 2 is 1.86 bits per heavy atom. The second kappa shape index (κ2) is 7.98. The third-order valence-electron chi connectivity index (χ3n) is 4.26. The summed E-state index contributed by atoms with van der Waals surface area (Å²) in [6, 6.07) is 14.2. The zero-order valence-corrected chi connectivity index (χ0v) is 17.1. The summed E-state index contributed by atoms with van der Waals surface area (Å²) in [5, 5.41) is 0.764. The van der Waals surface area contributed by atoms with E-state index in [1.54, 1.807) is 30.3 Å². The molecule has 0 spiro atoms. The fraction of sp³-hybridized carbons (Fsp3) is 0.286. The molecule has 1 aromatic heterocycles. The van der Waals surface area contributed by atoms with Gasteiger partial charge in [0.1, 0.15) is 5.75 Å². The van der Waals surface area contributed by atoms with E-state index in [1.165, 1.54) is 18.4 Å². The number of thiazole rings is 1. The molecule has 2 aromatic carbocycles. The molecule has 0 atom stereocenters. The van der Waals surface area contributed by atoms with E-state index in [2.05, 4.69) is 4.98 Å². The van der Waals surface area contributed by atoms with Gasteiger partial charge in [0.05, 0.1) is 28.3 Å². The van der Waals surface area contributed by atoms with Gasteiger partial charge in [0.25, 0.3) is 0 Å². The molecular formula is C21H22N2O4S. The summed E-state index contributed by atoms with van der Waals surface area (Å²) in [5.74, 6) is -0.183. The van der Waals surface area contributed by atoms with E-state index in [1.807, 2.05) is 44.0 Å². The van der Waals surface area contributed by atoms with Gasteiger partial charge in [-0.25, -0.2) is 9.78 Å². The number of carbonyl (C=O) groups excluding carboxylic acids is 2. The summed E-state index contributed by atoms with van der Waals surface area (Å²) in [7, 11) is 3.27. The highest BCUT2D eigenvalue weighted by atomic mass is 32.1. The summed E-state index contributed by atoms with van der Waals surface area (Å²) < 4.78 is 11.1. The molecule has 6 nitrogen and oxygen atoms in total. The molecule has 0 aliphatic carbocycles. The second-order valence-corrected chi connectivity index (χ2v) is 8.12. The minimum atomic E-state index is -0.661. The third-order valence-corrected chi connectivity index (χ3v) is 5.40. The average Bonchev–Trinajstić information content (AvgIpc) is 3.11. The van der Waals surface area contributed by atoms with Gasteiger partial charge in [-0.05, 0) is 44.2 Å². The number of carbonyl (C=O) groups is 2. The van der Waals surface area contributed by atoms with Gasteiger partial charge >= 0.3 is 11.9 Å². The van der Waals surface area contributed by atoms with Crippen LogP contribution in [0.15, 0.2) is 48.5 Å². The van der Waals surface area contributed by atoms with Crippen LogP contribution in [0.1, 0.15) is 24.2 Å². The summed E-state index contributed by atoms with van der Waals surface area (Å²) in [5.41, 5.74) is 0.592. The molecule has 0 saturated carbocycles. The molecule has 0 aliphatic heterocycles. The first-order chi connectivity index (χ1) is 13.3. The lowest BCUT2D eigenvalue weighted by Crippen LogP contribution is -2.38. The Bertz CT molecular complexity index is 998. The molecule has 1 heterocycles. The van der Waals surface area contributed by atoms with Gasteiger partial charge in [-0.2, -0.15) is 0 Å². The van der Waals surface area contributed by atoms with Crippen molar-refractivity contribution in [3.8, 4) is 5.75 Å². The molecule has 0 amide bonds. The number of para-hydroxylation sites is 1. The lowest BCUT2D eigenvalue weighted by Gasteiger charge is -2.27. The number of hydrogen-bond donors (Lipinski definition) is 0. The van der Waals surface area contributed by atoms with Gasteiger partial charge in [0.2, 0.25) is 0 Å². The van der Waals surface area contributed by atoms with Crippen LogP contribution in [0.2, 0.25) is 0 Å². The number of aromatic nitrogens is 1. The van der Waals surface area contributed by atoms with Crippen LogP contribution in [0.4, 0.5) is 5.13 Å². The summed E-state index contributed by atoms with van der Waals surface area (Å²) in [6.45, 7) is 4.13. The topological polar surface area (TPSA) is 68.7 Å². The maximum atomic E-state index is 12.4. The van der Waals surface area contributed by atoms with Crippen molar-refractivity contribution < 1.29 is 19.1 Å². The van der Waals surface area contributed by atoms with Crippen LogP contribution in [0, 0.1) is 5.41 Å². The van der Waals surface area contributed by atoms with Crippen molar-refractivity contribution in [3.63, 3.8) is 0 Å². The highest BCUT2D eigenvalue weighted by Gasteiger charge is 2.31. The number of nitrogens with zero attached hydrogens (tertiary/aromatic N) is 2. The SMILES string of the molecule is COC(=O)C(C)(C)CN(C)c1nc2ccc(C(=O)Oc3ccccc3)cc2s1. The Morgan fingerprint density at radius 1 is 1.14 bits per heavy atom. The van der Waals surface area contributed by atoms with Gasteiger partial charge in [0, 0.05) is 13.6 Å². The zero-order valence-electron chi connectivity index (χ0n) is 16.3. The molecule has 0 bridgehead atoms. The molecule has 7 heteroatoms. The van der Waals surface area contributed by atoms with Gasteiger partial charge in [0.15, 0.2) is 5.13 Å². The molecule has 0 radical (unpaired) electrons. The number of benzene rings is 2. The van der Waals surface area contributed by atoms with E-state index in [0.29, 0.717) is 17.9 Å². The van der Waals surface area contributed by atoms with E-state index >= 15 is 0 Å². The Kier molecular flexibility index (Phi) is 5.65. The number of methoxy groups -OCH3 is 1. The molecule has 0 saturated heterocycles. The largest absolute Gasteiger partial charge is 0.469 e. The Hall–Kier alpha value is -2.93. The Labute approximate surface area is 167 Å². The zero-order chi connectivity index (χ0) is 20.3. The molecule has 0 fully saturated rings. The Morgan fingerprint density at radius 3 is 2.54 bits per heavy atom. The minimum Gasteiger partial charge on any atom is -0.469 e. The molecule has 0 unspecified atom stereocenters. The van der Waals surface area contributed by atoms with Gasteiger partial charge in [-0.15, -0.1) is 0 Å². The highest BCUT2D eigenvalue weighted by Crippen LogP contribution is 2.31. The summed E-state index contributed by atoms with van der Waals surface area (Å²) in [4.78, 5) is 30.8. The van der Waals surface area contributed by atoms with Crippen molar-refractivity contribution >= 4 is 38.6 Å². The van der Waals surface area contributed by atoms with Gasteiger partial charge in [-0.3, -0.25) is 4.79 Å². The molecular weight excluding hydrogens is 376 g/mol. The third kappa shape index (κ3) is 4.31. The average molecular weight is 398 g/mol. The highest BCUT2D eigenvalue weighted by molar-refractivity contribution is 7.22. The van der Waals surface area contributed by atoms with Crippen molar-refractivity contribution in [3.05, 3.63) is 54.1 Å². The number of anilines is 1. The number of esters is 2. The maximum absolute atomic E-state index is 12.4. The van der Waals surface area contributed by atoms with Crippen molar-refractivity contribution in [2.45, 2.75) is 13.8 Å². The molecule has 3 aromatic rings. The monoisotopic (exact) mass is 398 g/mol. The van der Waals surface area contributed by atoms with E-state index in [9.17, 15) is 9.59 Å². The van der Waals surface area contributed by atoms with E-state index < -0.39 is 11.4 Å². The Balaban J connectivity index is 1.79. The molecule has 28 heavy (non-hydrogen) atoms. The van der Waals surface area contributed by atoms with Crippen LogP contribution in [-0.2, 0) is 9.53 Å². The predicted molar refractivity (Wildman–Crippen MR) is 110 cm³/mol. The van der Waals surface area contributed by atoms with E-state index in [0.717, 1.165) is 15.3 Å². The molecule has 0 N–H and O–H groups in total. The normalized spacial score (nSPS) is 11.3. The minimum absolute atomic E-state index is 0.272. The predicted octanol–water partition coefficient (Wildman–Crippen LogP) is 4.15. The van der Waals surface area contributed by atoms with Crippen molar-refractivity contribution in [2.75, 3.05) is 25.6 Å². The maximum Gasteiger partial charge on any atom is 0.343 e. The molecule has 0 aliphatic rings. The number of rotatable bonds is 6. The van der Waals surface area contributed by atoms with Crippen LogP contribution in [0.3, 0.4) is 0 Å².